The first-order valence-electron chi connectivity index (χ1n) is 5.53. The van der Waals surface area contributed by atoms with Crippen molar-refractivity contribution in [3.63, 3.8) is 0 Å². The highest BCUT2D eigenvalue weighted by Crippen LogP contribution is 2.22. The van der Waals surface area contributed by atoms with E-state index in [-0.39, 0.29) is 12.8 Å². The lowest BCUT2D eigenvalue weighted by Crippen LogP contribution is -2.42. The standard InChI is InChI=1S/C11H15F3O4S/c1-2-3-4-5-6-9(10(15)16)19(17,18)8-7-11(12,13)14/h1,9H,3-8H2,(H,15,16)/p-1. The van der Waals surface area contributed by atoms with Crippen LogP contribution in [0.2, 0.25) is 0 Å². The number of aliphatic carboxylic acids is 1. The minimum Gasteiger partial charge on any atom is -0.549 e. The van der Waals surface area contributed by atoms with Gasteiger partial charge in [-0.15, -0.1) is 12.3 Å². The summed E-state index contributed by atoms with van der Waals surface area (Å²) in [6, 6.07) is 0. The monoisotopic (exact) mass is 299 g/mol. The zero-order chi connectivity index (χ0) is 15.1. The van der Waals surface area contributed by atoms with Crippen LogP contribution in [0.15, 0.2) is 0 Å². The molecule has 4 nitrogen and oxygen atoms in total. The van der Waals surface area contributed by atoms with Crippen molar-refractivity contribution in [1.29, 1.82) is 0 Å². The molecule has 0 aromatic heterocycles. The van der Waals surface area contributed by atoms with Gasteiger partial charge >= 0.3 is 6.18 Å². The van der Waals surface area contributed by atoms with Gasteiger partial charge in [0.05, 0.1) is 18.1 Å². The fourth-order valence-electron chi connectivity index (χ4n) is 1.40. The molecule has 0 amide bonds. The summed E-state index contributed by atoms with van der Waals surface area (Å²) in [6.45, 7) is 0. The van der Waals surface area contributed by atoms with E-state index in [2.05, 4.69) is 5.92 Å². The smallest absolute Gasteiger partial charge is 0.390 e. The molecule has 110 valence electrons. The molecule has 0 saturated carbocycles. The Labute approximate surface area is 109 Å². The largest absolute Gasteiger partial charge is 0.549 e. The van der Waals surface area contributed by atoms with E-state index in [1.807, 2.05) is 0 Å². The van der Waals surface area contributed by atoms with E-state index >= 15 is 0 Å². The third-order valence-electron chi connectivity index (χ3n) is 2.40. The van der Waals surface area contributed by atoms with Crippen LogP contribution in [0.25, 0.3) is 0 Å². The number of sulfone groups is 1. The second-order valence-electron chi connectivity index (χ2n) is 3.99. The van der Waals surface area contributed by atoms with Crippen molar-refractivity contribution in [1.82, 2.24) is 0 Å². The van der Waals surface area contributed by atoms with Gasteiger partial charge in [0.25, 0.3) is 0 Å². The topological polar surface area (TPSA) is 74.3 Å². The molecule has 0 aromatic rings. The first-order chi connectivity index (χ1) is 8.60. The van der Waals surface area contributed by atoms with Crippen molar-refractivity contribution in [2.45, 2.75) is 43.5 Å². The van der Waals surface area contributed by atoms with Crippen molar-refractivity contribution in [3.8, 4) is 12.3 Å². The summed E-state index contributed by atoms with van der Waals surface area (Å²) in [4.78, 5) is 10.7. The molecular weight excluding hydrogens is 285 g/mol. The molecule has 8 heteroatoms. The van der Waals surface area contributed by atoms with Crippen LogP contribution in [-0.4, -0.2) is 31.6 Å². The second-order valence-corrected chi connectivity index (χ2v) is 6.29. The van der Waals surface area contributed by atoms with Crippen molar-refractivity contribution in [3.05, 3.63) is 0 Å². The highest BCUT2D eigenvalue weighted by Gasteiger charge is 2.33. The van der Waals surface area contributed by atoms with E-state index in [0.717, 1.165) is 0 Å². The Morgan fingerprint density at radius 2 is 1.89 bits per heavy atom. The van der Waals surface area contributed by atoms with Gasteiger partial charge in [0.15, 0.2) is 9.84 Å². The summed E-state index contributed by atoms with van der Waals surface area (Å²) in [5.41, 5.74) is 0. The zero-order valence-corrected chi connectivity index (χ0v) is 10.9. The molecule has 0 aromatic carbocycles. The minimum absolute atomic E-state index is 0.202. The maximum Gasteiger partial charge on any atom is 0.390 e. The lowest BCUT2D eigenvalue weighted by Gasteiger charge is -2.18. The Kier molecular flexibility index (Phi) is 6.90. The molecule has 0 N–H and O–H groups in total. The lowest BCUT2D eigenvalue weighted by atomic mass is 10.1. The minimum atomic E-state index is -4.65. The Morgan fingerprint density at radius 3 is 2.32 bits per heavy atom. The molecule has 0 rings (SSSR count). The number of hydrogen-bond donors (Lipinski definition) is 0. The highest BCUT2D eigenvalue weighted by atomic mass is 32.2. The Morgan fingerprint density at radius 1 is 1.32 bits per heavy atom. The lowest BCUT2D eigenvalue weighted by molar-refractivity contribution is -0.305. The number of terminal acetylenes is 1. The molecule has 0 radical (unpaired) electrons. The number of unbranched alkanes of at least 4 members (excludes halogenated alkanes) is 2. The van der Waals surface area contributed by atoms with Gasteiger partial charge in [0.2, 0.25) is 0 Å². The molecule has 1 unspecified atom stereocenters. The van der Waals surface area contributed by atoms with Gasteiger partial charge in [-0.25, -0.2) is 8.42 Å². The molecule has 0 aliphatic rings. The Hall–Kier alpha value is -1.23. The average molecular weight is 299 g/mol. The summed E-state index contributed by atoms with van der Waals surface area (Å²) >= 11 is 0. The number of carbonyl (C=O) groups excluding carboxylic acids is 1. The SMILES string of the molecule is C#CCCCCC(C(=O)[O-])S(=O)(=O)CCC(F)(F)F. The van der Waals surface area contributed by atoms with Gasteiger partial charge in [0.1, 0.15) is 5.25 Å². The highest BCUT2D eigenvalue weighted by molar-refractivity contribution is 7.92. The average Bonchev–Trinajstić information content (AvgIpc) is 2.25. The van der Waals surface area contributed by atoms with Crippen molar-refractivity contribution in [2.24, 2.45) is 0 Å². The summed E-state index contributed by atoms with van der Waals surface area (Å²) in [5, 5.41) is 8.81. The third kappa shape index (κ3) is 7.72. The van der Waals surface area contributed by atoms with Gasteiger partial charge in [0, 0.05) is 6.42 Å². The van der Waals surface area contributed by atoms with Crippen LogP contribution in [-0.2, 0) is 14.6 Å². The van der Waals surface area contributed by atoms with Gasteiger partial charge < -0.3 is 9.90 Å². The molecule has 0 spiro atoms. The number of carboxylic acid groups (broad SMARTS) is 1. The molecule has 0 fully saturated rings. The van der Waals surface area contributed by atoms with E-state index < -0.39 is 39.4 Å². The molecule has 19 heavy (non-hydrogen) atoms. The van der Waals surface area contributed by atoms with Crippen molar-refractivity contribution < 1.29 is 31.5 Å². The van der Waals surface area contributed by atoms with Gasteiger partial charge in [-0.05, 0) is 12.8 Å². The quantitative estimate of drug-likeness (QED) is 0.487. The van der Waals surface area contributed by atoms with Gasteiger partial charge in [-0.1, -0.05) is 6.42 Å². The van der Waals surface area contributed by atoms with Crippen LogP contribution in [0, 0.1) is 12.3 Å². The summed E-state index contributed by atoms with van der Waals surface area (Å²) in [7, 11) is -4.38. The third-order valence-corrected chi connectivity index (χ3v) is 4.47. The summed E-state index contributed by atoms with van der Waals surface area (Å²) in [5.74, 6) is -0.825. The maximum atomic E-state index is 12.0. The van der Waals surface area contributed by atoms with Gasteiger partial charge in [-0.2, -0.15) is 13.2 Å². The summed E-state index contributed by atoms with van der Waals surface area (Å²) in [6.07, 6.45) is -0.571. The maximum absolute atomic E-state index is 12.0. The fourth-order valence-corrected chi connectivity index (χ4v) is 3.02. The summed E-state index contributed by atoms with van der Waals surface area (Å²) < 4.78 is 58.9. The number of carbonyl (C=O) groups is 1. The van der Waals surface area contributed by atoms with E-state index in [9.17, 15) is 31.5 Å². The van der Waals surface area contributed by atoms with Crippen molar-refractivity contribution in [2.75, 3.05) is 5.75 Å². The number of rotatable bonds is 8. The molecule has 0 bridgehead atoms. The normalized spacial score (nSPS) is 13.8. The molecular formula is C11H14F3O4S-. The Balaban J connectivity index is 4.60. The van der Waals surface area contributed by atoms with Crippen LogP contribution in [0.4, 0.5) is 13.2 Å². The van der Waals surface area contributed by atoms with Crippen LogP contribution < -0.4 is 5.11 Å². The molecule has 0 aliphatic heterocycles. The molecule has 0 aliphatic carbocycles. The number of carboxylic acids is 1. The first-order valence-corrected chi connectivity index (χ1v) is 7.24. The number of hydrogen-bond acceptors (Lipinski definition) is 4. The molecule has 1 atom stereocenters. The number of alkyl halides is 3. The van der Waals surface area contributed by atoms with Crippen LogP contribution in [0.3, 0.4) is 0 Å². The second kappa shape index (κ2) is 7.38. The predicted molar refractivity (Wildman–Crippen MR) is 60.6 cm³/mol. The zero-order valence-electron chi connectivity index (χ0n) is 10.1. The Bertz CT molecular complexity index is 434. The van der Waals surface area contributed by atoms with Crippen LogP contribution in [0.1, 0.15) is 32.1 Å². The predicted octanol–water partition coefficient (Wildman–Crippen LogP) is 0.666. The molecule has 0 heterocycles. The fraction of sp³-hybridized carbons (Fsp3) is 0.727. The van der Waals surface area contributed by atoms with E-state index in [0.29, 0.717) is 12.8 Å². The van der Waals surface area contributed by atoms with E-state index in [1.54, 1.807) is 0 Å². The molecule has 0 saturated heterocycles. The van der Waals surface area contributed by atoms with E-state index in [1.165, 1.54) is 0 Å². The van der Waals surface area contributed by atoms with Crippen molar-refractivity contribution >= 4 is 15.8 Å². The first kappa shape index (κ1) is 17.8. The van der Waals surface area contributed by atoms with Gasteiger partial charge in [-0.3, -0.25) is 0 Å². The van der Waals surface area contributed by atoms with Crippen LogP contribution >= 0.6 is 0 Å². The number of halogens is 3. The van der Waals surface area contributed by atoms with Crippen LogP contribution in [0.5, 0.6) is 0 Å². The van der Waals surface area contributed by atoms with E-state index in [4.69, 9.17) is 6.42 Å².